The number of carbonyl (C=O) groups is 2. The fourth-order valence-corrected chi connectivity index (χ4v) is 3.11. The zero-order valence-electron chi connectivity index (χ0n) is 20.7. The van der Waals surface area contributed by atoms with E-state index in [1.165, 1.54) is 4.90 Å². The van der Waals surface area contributed by atoms with Crippen molar-refractivity contribution in [2.45, 2.75) is 72.4 Å². The number of hydrogen-bond acceptors (Lipinski definition) is 4. The molecule has 2 rings (SSSR count). The van der Waals surface area contributed by atoms with E-state index in [9.17, 15) is 9.59 Å². The van der Waals surface area contributed by atoms with Crippen LogP contribution in [0.15, 0.2) is 30.3 Å². The Hall–Kier alpha value is -3.03. The van der Waals surface area contributed by atoms with Crippen molar-refractivity contribution in [1.29, 1.82) is 0 Å². The summed E-state index contributed by atoms with van der Waals surface area (Å²) in [4.78, 5) is 27.4. The van der Waals surface area contributed by atoms with Crippen LogP contribution < -0.4 is 15.4 Å². The Bertz CT molecular complexity index is 951. The molecule has 0 unspecified atom stereocenters. The number of anilines is 2. The van der Waals surface area contributed by atoms with Crippen molar-refractivity contribution >= 4 is 23.4 Å². The third kappa shape index (κ3) is 6.24. The molecule has 176 valence electrons. The van der Waals surface area contributed by atoms with Gasteiger partial charge in [-0.25, -0.2) is 9.48 Å². The molecule has 0 bridgehead atoms. The van der Waals surface area contributed by atoms with Crippen LogP contribution in [-0.4, -0.2) is 46.3 Å². The summed E-state index contributed by atoms with van der Waals surface area (Å²) in [5.74, 6) is 0.874. The van der Waals surface area contributed by atoms with Crippen molar-refractivity contribution in [2.24, 2.45) is 0 Å². The number of rotatable bonds is 6. The van der Waals surface area contributed by atoms with Crippen molar-refractivity contribution in [3.63, 3.8) is 0 Å². The lowest BCUT2D eigenvalue weighted by Gasteiger charge is -2.27. The molecule has 2 aromatic rings. The quantitative estimate of drug-likeness (QED) is 0.670. The van der Waals surface area contributed by atoms with Crippen LogP contribution in [-0.2, 0) is 15.7 Å². The van der Waals surface area contributed by atoms with E-state index < -0.39 is 0 Å². The zero-order chi connectivity index (χ0) is 24.3. The average Bonchev–Trinajstić information content (AvgIpc) is 3.11. The lowest BCUT2D eigenvalue weighted by atomic mass is 9.92. The molecule has 1 aromatic heterocycles. The summed E-state index contributed by atoms with van der Waals surface area (Å²) in [5, 5.41) is 10.5. The highest BCUT2D eigenvalue weighted by Gasteiger charge is 2.27. The Kier molecular flexibility index (Phi) is 7.59. The van der Waals surface area contributed by atoms with Gasteiger partial charge in [-0.1, -0.05) is 32.9 Å². The summed E-state index contributed by atoms with van der Waals surface area (Å²) >= 11 is 0. The molecule has 0 atom stereocenters. The third-order valence-corrected chi connectivity index (χ3v) is 4.93. The molecule has 0 radical (unpaired) electrons. The number of nitrogens with one attached hydrogen (secondary N) is 2. The number of nitrogens with zero attached hydrogens (tertiary/aromatic N) is 3. The molecule has 1 heterocycles. The molecular formula is C24H37N5O3. The van der Waals surface area contributed by atoms with Crippen LogP contribution in [0, 0.1) is 0 Å². The second kappa shape index (κ2) is 9.63. The molecule has 0 aliphatic rings. The van der Waals surface area contributed by atoms with Gasteiger partial charge in [0.2, 0.25) is 5.91 Å². The number of aromatic nitrogens is 2. The first-order chi connectivity index (χ1) is 14.7. The number of methoxy groups -OCH3 is 1. The van der Waals surface area contributed by atoms with Gasteiger partial charge in [0.05, 0.1) is 24.0 Å². The van der Waals surface area contributed by atoms with Gasteiger partial charge in [0.25, 0.3) is 0 Å². The van der Waals surface area contributed by atoms with Crippen LogP contribution in [0.4, 0.5) is 16.3 Å². The number of ether oxygens (including phenoxy) is 1. The van der Waals surface area contributed by atoms with Crippen LogP contribution >= 0.6 is 0 Å². The number of amides is 3. The van der Waals surface area contributed by atoms with E-state index in [4.69, 9.17) is 9.84 Å². The Balaban J connectivity index is 2.20. The van der Waals surface area contributed by atoms with E-state index in [0.717, 1.165) is 5.69 Å². The Morgan fingerprint density at radius 1 is 1.09 bits per heavy atom. The molecule has 2 N–H and O–H groups in total. The molecular weight excluding hydrogens is 406 g/mol. The lowest BCUT2D eigenvalue weighted by molar-refractivity contribution is -0.117. The normalized spacial score (nSPS) is 11.9. The first kappa shape index (κ1) is 25.2. The molecule has 0 aliphatic carbocycles. The topological polar surface area (TPSA) is 88.5 Å². The largest absolute Gasteiger partial charge is 0.495 e. The van der Waals surface area contributed by atoms with Crippen molar-refractivity contribution in [1.82, 2.24) is 14.7 Å². The van der Waals surface area contributed by atoms with Gasteiger partial charge in [0.15, 0.2) is 0 Å². The fraction of sp³-hybridized carbons (Fsp3) is 0.542. The Labute approximate surface area is 191 Å². The first-order valence-corrected chi connectivity index (χ1v) is 10.9. The fourth-order valence-electron chi connectivity index (χ4n) is 3.11. The SMILES string of the molecule is COc1ccccc1NC(=O)N(CC(=O)Nc1cc(C(C)(C)C)nn1C(C)(C)C)C(C)C. The third-order valence-electron chi connectivity index (χ3n) is 4.93. The van der Waals surface area contributed by atoms with Gasteiger partial charge < -0.3 is 20.3 Å². The van der Waals surface area contributed by atoms with Crippen LogP contribution in [0.1, 0.15) is 61.1 Å². The molecule has 0 spiro atoms. The van der Waals surface area contributed by atoms with Gasteiger partial charge in [0, 0.05) is 17.5 Å². The standard InChI is InChI=1S/C24H37N5O3/c1-16(2)28(22(31)25-17-12-10-11-13-18(17)32-9)15-21(30)26-20-14-19(23(3,4)5)27-29(20)24(6,7)8/h10-14,16H,15H2,1-9H3,(H,25,31)(H,26,30). The highest BCUT2D eigenvalue weighted by atomic mass is 16.5. The number of benzene rings is 1. The van der Waals surface area contributed by atoms with Gasteiger partial charge in [0.1, 0.15) is 18.1 Å². The molecule has 1 aromatic carbocycles. The maximum atomic E-state index is 12.9. The average molecular weight is 444 g/mol. The molecule has 8 heteroatoms. The minimum Gasteiger partial charge on any atom is -0.495 e. The second-order valence-corrected chi connectivity index (χ2v) is 10.1. The van der Waals surface area contributed by atoms with Gasteiger partial charge in [-0.3, -0.25) is 4.79 Å². The number of hydrogen-bond donors (Lipinski definition) is 2. The van der Waals surface area contributed by atoms with Gasteiger partial charge in [-0.2, -0.15) is 5.10 Å². The van der Waals surface area contributed by atoms with Crippen molar-refractivity contribution in [3.8, 4) is 5.75 Å². The van der Waals surface area contributed by atoms with Crippen LogP contribution in [0.25, 0.3) is 0 Å². The number of para-hydroxylation sites is 2. The van der Waals surface area contributed by atoms with Gasteiger partial charge in [-0.15, -0.1) is 0 Å². The summed E-state index contributed by atoms with van der Waals surface area (Å²) < 4.78 is 7.12. The van der Waals surface area contributed by atoms with Gasteiger partial charge in [-0.05, 0) is 46.8 Å². The van der Waals surface area contributed by atoms with E-state index >= 15 is 0 Å². The molecule has 0 saturated heterocycles. The maximum Gasteiger partial charge on any atom is 0.322 e. The highest BCUT2D eigenvalue weighted by molar-refractivity contribution is 5.97. The van der Waals surface area contributed by atoms with E-state index in [1.807, 2.05) is 57.5 Å². The summed E-state index contributed by atoms with van der Waals surface area (Å²) in [6.07, 6.45) is 0. The molecule has 3 amide bonds. The van der Waals surface area contributed by atoms with Crippen LogP contribution in [0.3, 0.4) is 0 Å². The molecule has 8 nitrogen and oxygen atoms in total. The van der Waals surface area contributed by atoms with E-state index in [2.05, 4.69) is 31.4 Å². The van der Waals surface area contributed by atoms with Crippen molar-refractivity contribution in [3.05, 3.63) is 36.0 Å². The highest BCUT2D eigenvalue weighted by Crippen LogP contribution is 2.28. The molecule has 0 fully saturated rings. The predicted molar refractivity (Wildman–Crippen MR) is 128 cm³/mol. The monoisotopic (exact) mass is 443 g/mol. The smallest absolute Gasteiger partial charge is 0.322 e. The van der Waals surface area contributed by atoms with Crippen molar-refractivity contribution in [2.75, 3.05) is 24.3 Å². The van der Waals surface area contributed by atoms with Crippen LogP contribution in [0.5, 0.6) is 5.75 Å². The number of urea groups is 1. The lowest BCUT2D eigenvalue weighted by Crippen LogP contribution is -2.45. The predicted octanol–water partition coefficient (Wildman–Crippen LogP) is 4.83. The number of carbonyl (C=O) groups excluding carboxylic acids is 2. The van der Waals surface area contributed by atoms with E-state index in [-0.39, 0.29) is 35.5 Å². The zero-order valence-corrected chi connectivity index (χ0v) is 20.7. The van der Waals surface area contributed by atoms with E-state index in [1.54, 1.807) is 19.2 Å². The summed E-state index contributed by atoms with van der Waals surface area (Å²) in [6.45, 7) is 16.0. The van der Waals surface area contributed by atoms with E-state index in [0.29, 0.717) is 17.3 Å². The van der Waals surface area contributed by atoms with Crippen LogP contribution in [0.2, 0.25) is 0 Å². The summed E-state index contributed by atoms with van der Waals surface area (Å²) in [7, 11) is 1.54. The minimum absolute atomic E-state index is 0.0984. The maximum absolute atomic E-state index is 12.9. The minimum atomic E-state index is -0.376. The molecule has 0 aliphatic heterocycles. The molecule has 0 saturated carbocycles. The van der Waals surface area contributed by atoms with Crippen molar-refractivity contribution < 1.29 is 14.3 Å². The summed E-state index contributed by atoms with van der Waals surface area (Å²) in [6, 6.07) is 8.50. The van der Waals surface area contributed by atoms with Gasteiger partial charge >= 0.3 is 6.03 Å². The first-order valence-electron chi connectivity index (χ1n) is 10.9. The Morgan fingerprint density at radius 2 is 1.72 bits per heavy atom. The second-order valence-electron chi connectivity index (χ2n) is 10.1. The molecule has 32 heavy (non-hydrogen) atoms. The Morgan fingerprint density at radius 3 is 2.25 bits per heavy atom. The summed E-state index contributed by atoms with van der Waals surface area (Å²) in [5.41, 5.74) is 0.962.